The van der Waals surface area contributed by atoms with Crippen LogP contribution in [0.2, 0.25) is 0 Å². The lowest BCUT2D eigenvalue weighted by Gasteiger charge is -2.26. The molecule has 4 amide bonds. The van der Waals surface area contributed by atoms with E-state index in [1.165, 1.54) is 0 Å². The highest BCUT2D eigenvalue weighted by Crippen LogP contribution is 2.10. The molecule has 5 atom stereocenters. The fourth-order valence-corrected chi connectivity index (χ4v) is 3.09. The molecule has 14 heteroatoms. The molecule has 14 nitrogen and oxygen atoms in total. The molecule has 0 aliphatic carbocycles. The van der Waals surface area contributed by atoms with E-state index >= 15 is 0 Å². The maximum Gasteiger partial charge on any atom is 0.326 e. The highest BCUT2D eigenvalue weighted by atomic mass is 16.4. The first-order chi connectivity index (χ1) is 16.3. The van der Waals surface area contributed by atoms with Crippen molar-refractivity contribution in [2.24, 2.45) is 23.1 Å². The molecule has 11 N–H and O–H groups in total. The summed E-state index contributed by atoms with van der Waals surface area (Å²) in [6.45, 7) is 3.77. The highest BCUT2D eigenvalue weighted by Gasteiger charge is 2.32. The normalized spacial score (nSPS) is 15.1. The van der Waals surface area contributed by atoms with Crippen LogP contribution in [-0.2, 0) is 28.8 Å². The number of hydrogen-bond acceptors (Lipinski definition) is 8. The van der Waals surface area contributed by atoms with Crippen molar-refractivity contribution < 1.29 is 39.0 Å². The van der Waals surface area contributed by atoms with Crippen LogP contribution in [0, 0.1) is 5.92 Å². The highest BCUT2D eigenvalue weighted by molar-refractivity contribution is 5.95. The molecular weight excluding hydrogens is 464 g/mol. The summed E-state index contributed by atoms with van der Waals surface area (Å²) in [7, 11) is 0. The number of carbonyl (C=O) groups is 6. The summed E-state index contributed by atoms with van der Waals surface area (Å²) in [6, 6.07) is -5.13. The molecule has 0 fully saturated rings. The molecule has 0 aromatic carbocycles. The van der Waals surface area contributed by atoms with E-state index in [1.807, 2.05) is 0 Å². The Morgan fingerprint density at radius 2 is 1.40 bits per heavy atom. The molecule has 0 rings (SSSR count). The number of aliphatic carboxylic acids is 2. The number of hydrogen-bond donors (Lipinski definition) is 8. The predicted molar refractivity (Wildman–Crippen MR) is 124 cm³/mol. The molecule has 0 aliphatic heterocycles. The van der Waals surface area contributed by atoms with Crippen LogP contribution in [-0.4, -0.2) is 76.5 Å². The summed E-state index contributed by atoms with van der Waals surface area (Å²) in [5, 5.41) is 25.5. The average molecular weight is 503 g/mol. The number of unbranched alkanes of at least 4 members (excludes halogenated alkanes) is 1. The molecule has 0 spiro atoms. The maximum atomic E-state index is 12.9. The Bertz CT molecular complexity index is 762. The largest absolute Gasteiger partial charge is 0.481 e. The van der Waals surface area contributed by atoms with E-state index in [0.717, 1.165) is 0 Å². The fourth-order valence-electron chi connectivity index (χ4n) is 3.09. The van der Waals surface area contributed by atoms with Crippen molar-refractivity contribution in [1.29, 1.82) is 0 Å². The first kappa shape index (κ1) is 31.7. The van der Waals surface area contributed by atoms with Crippen LogP contribution in [0.1, 0.15) is 58.8 Å². The van der Waals surface area contributed by atoms with Gasteiger partial charge in [-0.15, -0.1) is 0 Å². The van der Waals surface area contributed by atoms with Gasteiger partial charge in [0, 0.05) is 6.42 Å². The Morgan fingerprint density at radius 3 is 1.89 bits per heavy atom. The molecule has 5 unspecified atom stereocenters. The van der Waals surface area contributed by atoms with Crippen molar-refractivity contribution in [3.05, 3.63) is 0 Å². The molecule has 0 aliphatic rings. The van der Waals surface area contributed by atoms with Gasteiger partial charge in [-0.2, -0.15) is 0 Å². The predicted octanol–water partition coefficient (Wildman–Crippen LogP) is -2.23. The van der Waals surface area contributed by atoms with Crippen LogP contribution >= 0.6 is 0 Å². The first-order valence-electron chi connectivity index (χ1n) is 11.4. The van der Waals surface area contributed by atoms with E-state index < -0.39 is 66.2 Å². The Balaban J connectivity index is 5.63. The molecule has 35 heavy (non-hydrogen) atoms. The minimum atomic E-state index is -1.45. The molecule has 0 heterocycles. The van der Waals surface area contributed by atoms with Gasteiger partial charge in [0.05, 0.1) is 12.5 Å². The number of carbonyl (C=O) groups excluding carboxylic acids is 4. The van der Waals surface area contributed by atoms with Crippen LogP contribution in [0.5, 0.6) is 0 Å². The second-order valence-corrected chi connectivity index (χ2v) is 8.33. The Kier molecular flexibility index (Phi) is 14.9. The standard InChI is InChI=1S/C21H38N6O8/c1-3-11(2)17(21(34)35)27-20(33)13(6-4-5-9-22)26-19(32)14(7-8-15(24)28)25-18(31)12(23)10-16(29)30/h11-14,17H,3-10,22-23H2,1-2H3,(H2,24,28)(H,25,31)(H,26,32)(H,27,33)(H,29,30)(H,34,35). The molecular formula is C21H38N6O8. The van der Waals surface area contributed by atoms with Gasteiger partial charge in [0.25, 0.3) is 0 Å². The Labute approximate surface area is 203 Å². The lowest BCUT2D eigenvalue weighted by molar-refractivity contribution is -0.144. The van der Waals surface area contributed by atoms with Gasteiger partial charge in [0.2, 0.25) is 23.6 Å². The number of primary amides is 1. The quantitative estimate of drug-likeness (QED) is 0.0935. The second kappa shape index (κ2) is 16.4. The van der Waals surface area contributed by atoms with Gasteiger partial charge in [-0.1, -0.05) is 20.3 Å². The van der Waals surface area contributed by atoms with E-state index in [0.29, 0.717) is 25.8 Å². The van der Waals surface area contributed by atoms with Crippen molar-refractivity contribution in [3.8, 4) is 0 Å². The maximum absolute atomic E-state index is 12.9. The van der Waals surface area contributed by atoms with E-state index in [2.05, 4.69) is 16.0 Å². The van der Waals surface area contributed by atoms with Crippen LogP contribution in [0.3, 0.4) is 0 Å². The first-order valence-corrected chi connectivity index (χ1v) is 11.4. The van der Waals surface area contributed by atoms with E-state index in [-0.39, 0.29) is 25.2 Å². The zero-order valence-electron chi connectivity index (χ0n) is 20.1. The van der Waals surface area contributed by atoms with Crippen LogP contribution in [0.25, 0.3) is 0 Å². The summed E-state index contributed by atoms with van der Waals surface area (Å²) in [6.07, 6.45) is 0.402. The number of rotatable bonds is 18. The third-order valence-electron chi connectivity index (χ3n) is 5.40. The minimum absolute atomic E-state index is 0.136. The number of amides is 4. The van der Waals surface area contributed by atoms with Gasteiger partial charge in [-0.25, -0.2) is 4.79 Å². The number of nitrogens with two attached hydrogens (primary N) is 3. The van der Waals surface area contributed by atoms with Gasteiger partial charge in [0.15, 0.2) is 0 Å². The van der Waals surface area contributed by atoms with Crippen molar-refractivity contribution in [2.75, 3.05) is 6.54 Å². The molecule has 200 valence electrons. The van der Waals surface area contributed by atoms with Crippen molar-refractivity contribution in [3.63, 3.8) is 0 Å². The number of nitrogens with one attached hydrogen (secondary N) is 3. The van der Waals surface area contributed by atoms with Gasteiger partial charge >= 0.3 is 11.9 Å². The number of carboxylic acid groups (broad SMARTS) is 2. The van der Waals surface area contributed by atoms with Crippen LogP contribution < -0.4 is 33.2 Å². The summed E-state index contributed by atoms with van der Waals surface area (Å²) in [5.74, 6) is -6.19. The van der Waals surface area contributed by atoms with Crippen LogP contribution in [0.15, 0.2) is 0 Å². The molecule has 0 saturated heterocycles. The Morgan fingerprint density at radius 1 is 0.857 bits per heavy atom. The van der Waals surface area contributed by atoms with Gasteiger partial charge in [-0.05, 0) is 38.1 Å². The summed E-state index contributed by atoms with van der Waals surface area (Å²) in [4.78, 5) is 71.7. The van der Waals surface area contributed by atoms with E-state index in [9.17, 15) is 33.9 Å². The van der Waals surface area contributed by atoms with Crippen molar-refractivity contribution in [1.82, 2.24) is 16.0 Å². The molecule has 0 aromatic heterocycles. The second-order valence-electron chi connectivity index (χ2n) is 8.33. The summed E-state index contributed by atoms with van der Waals surface area (Å²) < 4.78 is 0. The lowest BCUT2D eigenvalue weighted by atomic mass is 9.98. The molecule has 0 saturated carbocycles. The smallest absolute Gasteiger partial charge is 0.326 e. The number of carboxylic acids is 2. The molecule has 0 bridgehead atoms. The molecule has 0 radical (unpaired) electrons. The van der Waals surface area contributed by atoms with E-state index in [1.54, 1.807) is 13.8 Å². The average Bonchev–Trinajstić information content (AvgIpc) is 2.77. The third kappa shape index (κ3) is 12.7. The van der Waals surface area contributed by atoms with Crippen LogP contribution in [0.4, 0.5) is 0 Å². The third-order valence-corrected chi connectivity index (χ3v) is 5.40. The van der Waals surface area contributed by atoms with Gasteiger partial charge < -0.3 is 43.4 Å². The van der Waals surface area contributed by atoms with Crippen molar-refractivity contribution in [2.45, 2.75) is 83.0 Å². The van der Waals surface area contributed by atoms with Gasteiger partial charge in [0.1, 0.15) is 18.1 Å². The fraction of sp³-hybridized carbons (Fsp3) is 0.714. The lowest BCUT2D eigenvalue weighted by Crippen LogP contribution is -2.57. The summed E-state index contributed by atoms with van der Waals surface area (Å²) >= 11 is 0. The monoisotopic (exact) mass is 502 g/mol. The zero-order chi connectivity index (χ0) is 27.1. The minimum Gasteiger partial charge on any atom is -0.481 e. The summed E-state index contributed by atoms with van der Waals surface area (Å²) in [5.41, 5.74) is 16.2. The SMILES string of the molecule is CCC(C)C(NC(=O)C(CCCCN)NC(=O)C(CCC(N)=O)NC(=O)C(N)CC(=O)O)C(=O)O. The van der Waals surface area contributed by atoms with E-state index in [4.69, 9.17) is 22.3 Å². The topological polar surface area (TPSA) is 257 Å². The molecule has 0 aromatic rings. The zero-order valence-corrected chi connectivity index (χ0v) is 20.1. The van der Waals surface area contributed by atoms with Gasteiger partial charge in [-0.3, -0.25) is 24.0 Å². The Hall–Kier alpha value is -3.26. The van der Waals surface area contributed by atoms with Crippen molar-refractivity contribution >= 4 is 35.6 Å².